The molecule has 50 valence electrons. The number of aliphatic hydroxyl groups excluding tert-OH is 1. The van der Waals surface area contributed by atoms with Crippen LogP contribution < -0.4 is 5.73 Å². The number of halogens is 1. The number of hydrogen-bond donors (Lipinski definition) is 2. The molecule has 0 saturated carbocycles. The molecular formula is C5H12FNO. The van der Waals surface area contributed by atoms with Crippen molar-refractivity contribution in [2.24, 2.45) is 5.73 Å². The van der Waals surface area contributed by atoms with Crippen molar-refractivity contribution < 1.29 is 9.50 Å². The van der Waals surface area contributed by atoms with E-state index in [1.165, 1.54) is 0 Å². The molecule has 0 saturated heterocycles. The quantitative estimate of drug-likeness (QED) is 0.554. The van der Waals surface area contributed by atoms with Gasteiger partial charge in [0.05, 0.1) is 6.10 Å². The minimum absolute atomic E-state index is 0.403. The van der Waals surface area contributed by atoms with Crippen molar-refractivity contribution in [3.05, 3.63) is 0 Å². The summed E-state index contributed by atoms with van der Waals surface area (Å²) in [6, 6.07) is -0.403. The number of aliphatic hydroxyl groups is 1. The maximum atomic E-state index is 11.5. The van der Waals surface area contributed by atoms with Gasteiger partial charge in [-0.05, 0) is 6.42 Å². The second-order valence-electron chi connectivity index (χ2n) is 1.79. The summed E-state index contributed by atoms with van der Waals surface area (Å²) in [6.07, 6.45) is -0.356. The molecule has 0 bridgehead atoms. The van der Waals surface area contributed by atoms with E-state index in [-0.39, 0.29) is 0 Å². The third-order valence-electron chi connectivity index (χ3n) is 1.12. The van der Waals surface area contributed by atoms with Gasteiger partial charge in [0.2, 0.25) is 0 Å². The summed E-state index contributed by atoms with van der Waals surface area (Å²) in [7, 11) is 0. The van der Waals surface area contributed by atoms with Gasteiger partial charge in [0.15, 0.2) is 0 Å². The van der Waals surface area contributed by atoms with Gasteiger partial charge in [-0.15, -0.1) is 0 Å². The number of rotatable bonds is 3. The molecule has 0 aliphatic rings. The van der Waals surface area contributed by atoms with Crippen LogP contribution in [0, 0.1) is 0 Å². The topological polar surface area (TPSA) is 46.2 Å². The van der Waals surface area contributed by atoms with E-state index >= 15 is 0 Å². The van der Waals surface area contributed by atoms with Crippen molar-refractivity contribution in [1.82, 2.24) is 0 Å². The Hall–Kier alpha value is -0.150. The second-order valence-corrected chi connectivity index (χ2v) is 1.79. The number of nitrogens with two attached hydrogens (primary N) is 1. The van der Waals surface area contributed by atoms with E-state index in [1.54, 1.807) is 0 Å². The highest BCUT2D eigenvalue weighted by Crippen LogP contribution is 1.94. The smallest absolute Gasteiger partial charge is 0.117 e. The predicted molar refractivity (Wildman–Crippen MR) is 30.2 cm³/mol. The van der Waals surface area contributed by atoms with Gasteiger partial charge in [-0.25, -0.2) is 4.39 Å². The van der Waals surface area contributed by atoms with E-state index in [4.69, 9.17) is 10.8 Å². The molecule has 3 heteroatoms. The lowest BCUT2D eigenvalue weighted by Gasteiger charge is -2.11. The average Bonchev–Trinajstić information content (AvgIpc) is 1.84. The fourth-order valence-corrected chi connectivity index (χ4v) is 0.387. The molecule has 2 atom stereocenters. The molecule has 8 heavy (non-hydrogen) atoms. The minimum atomic E-state index is -0.972. The van der Waals surface area contributed by atoms with E-state index in [9.17, 15) is 4.39 Å². The summed E-state index contributed by atoms with van der Waals surface area (Å²) in [4.78, 5) is 0. The summed E-state index contributed by atoms with van der Waals surface area (Å²) >= 11 is 0. The van der Waals surface area contributed by atoms with Crippen LogP contribution in [0.4, 0.5) is 4.39 Å². The predicted octanol–water partition coefficient (Wildman–Crippen LogP) is 0.0541. The van der Waals surface area contributed by atoms with Gasteiger partial charge in [-0.1, -0.05) is 6.92 Å². The first-order valence-corrected chi connectivity index (χ1v) is 2.72. The maximum absolute atomic E-state index is 11.5. The van der Waals surface area contributed by atoms with Crippen LogP contribution in [-0.4, -0.2) is 23.9 Å². The SMILES string of the molecule is CCC(N)C(O)CF. The zero-order chi connectivity index (χ0) is 6.57. The van der Waals surface area contributed by atoms with Crippen LogP contribution in [0.15, 0.2) is 0 Å². The van der Waals surface area contributed by atoms with Gasteiger partial charge in [0, 0.05) is 6.04 Å². The van der Waals surface area contributed by atoms with Crippen LogP contribution in [0.2, 0.25) is 0 Å². The highest BCUT2D eigenvalue weighted by Gasteiger charge is 2.10. The molecule has 0 aliphatic heterocycles. The molecule has 0 amide bonds. The number of alkyl halides is 1. The fourth-order valence-electron chi connectivity index (χ4n) is 0.387. The standard InChI is InChI=1S/C5H12FNO/c1-2-4(7)5(8)3-6/h4-5,8H,2-3,7H2,1H3. The Morgan fingerprint density at radius 1 is 1.75 bits per heavy atom. The molecule has 0 heterocycles. The molecule has 2 unspecified atom stereocenters. The van der Waals surface area contributed by atoms with Crippen LogP contribution >= 0.6 is 0 Å². The maximum Gasteiger partial charge on any atom is 0.117 e. The van der Waals surface area contributed by atoms with E-state index in [0.29, 0.717) is 6.42 Å². The summed E-state index contributed by atoms with van der Waals surface area (Å²) in [5.41, 5.74) is 5.24. The molecule has 0 aliphatic carbocycles. The lowest BCUT2D eigenvalue weighted by Crippen LogP contribution is -2.35. The lowest BCUT2D eigenvalue weighted by atomic mass is 10.1. The third-order valence-corrected chi connectivity index (χ3v) is 1.12. The molecular weight excluding hydrogens is 109 g/mol. The molecule has 3 N–H and O–H groups in total. The zero-order valence-electron chi connectivity index (χ0n) is 4.97. The Balaban J connectivity index is 3.29. The van der Waals surface area contributed by atoms with E-state index in [0.717, 1.165) is 0 Å². The Morgan fingerprint density at radius 2 is 2.25 bits per heavy atom. The highest BCUT2D eigenvalue weighted by molar-refractivity contribution is 4.67. The van der Waals surface area contributed by atoms with Crippen molar-refractivity contribution in [1.29, 1.82) is 0 Å². The summed E-state index contributed by atoms with van der Waals surface area (Å²) in [5, 5.41) is 8.63. The van der Waals surface area contributed by atoms with Crippen molar-refractivity contribution >= 4 is 0 Å². The molecule has 0 rings (SSSR count). The van der Waals surface area contributed by atoms with Gasteiger partial charge >= 0.3 is 0 Å². The molecule has 0 spiro atoms. The Labute approximate surface area is 48.5 Å². The van der Waals surface area contributed by atoms with Gasteiger partial charge in [0.1, 0.15) is 6.67 Å². The average molecular weight is 121 g/mol. The van der Waals surface area contributed by atoms with Crippen LogP contribution in [0.3, 0.4) is 0 Å². The van der Waals surface area contributed by atoms with Crippen molar-refractivity contribution in [3.8, 4) is 0 Å². The van der Waals surface area contributed by atoms with Gasteiger partial charge in [-0.3, -0.25) is 0 Å². The highest BCUT2D eigenvalue weighted by atomic mass is 19.1. The zero-order valence-corrected chi connectivity index (χ0v) is 4.97. The summed E-state index contributed by atoms with van der Waals surface area (Å²) in [5.74, 6) is 0. The van der Waals surface area contributed by atoms with E-state index in [1.807, 2.05) is 6.92 Å². The summed E-state index contributed by atoms with van der Waals surface area (Å²) < 4.78 is 11.5. The Morgan fingerprint density at radius 3 is 2.38 bits per heavy atom. The summed E-state index contributed by atoms with van der Waals surface area (Å²) in [6.45, 7) is 1.07. The van der Waals surface area contributed by atoms with Crippen LogP contribution in [-0.2, 0) is 0 Å². The van der Waals surface area contributed by atoms with E-state index < -0.39 is 18.8 Å². The lowest BCUT2D eigenvalue weighted by molar-refractivity contribution is 0.112. The third kappa shape index (κ3) is 2.23. The molecule has 2 nitrogen and oxygen atoms in total. The van der Waals surface area contributed by atoms with Crippen LogP contribution in [0.25, 0.3) is 0 Å². The van der Waals surface area contributed by atoms with Crippen LogP contribution in [0.1, 0.15) is 13.3 Å². The first-order chi connectivity index (χ1) is 3.72. The van der Waals surface area contributed by atoms with Crippen molar-refractivity contribution in [3.63, 3.8) is 0 Å². The molecule has 0 radical (unpaired) electrons. The van der Waals surface area contributed by atoms with E-state index in [2.05, 4.69) is 0 Å². The normalized spacial score (nSPS) is 18.0. The largest absolute Gasteiger partial charge is 0.389 e. The molecule has 0 aromatic rings. The Bertz CT molecular complexity index is 52.4. The Kier molecular flexibility index (Phi) is 3.73. The number of hydrogen-bond acceptors (Lipinski definition) is 2. The fraction of sp³-hybridized carbons (Fsp3) is 1.00. The van der Waals surface area contributed by atoms with Gasteiger partial charge < -0.3 is 10.8 Å². The second kappa shape index (κ2) is 3.80. The minimum Gasteiger partial charge on any atom is -0.389 e. The molecule has 0 aromatic carbocycles. The monoisotopic (exact) mass is 121 g/mol. The van der Waals surface area contributed by atoms with Crippen molar-refractivity contribution in [2.75, 3.05) is 6.67 Å². The van der Waals surface area contributed by atoms with Gasteiger partial charge in [0.25, 0.3) is 0 Å². The van der Waals surface area contributed by atoms with Gasteiger partial charge in [-0.2, -0.15) is 0 Å². The first-order valence-electron chi connectivity index (χ1n) is 2.72. The molecule has 0 aromatic heterocycles. The van der Waals surface area contributed by atoms with Crippen molar-refractivity contribution in [2.45, 2.75) is 25.5 Å². The van der Waals surface area contributed by atoms with Crippen LogP contribution in [0.5, 0.6) is 0 Å². The first kappa shape index (κ1) is 7.85. The molecule has 0 fully saturated rings.